The molecule has 0 unspecified atom stereocenters. The van der Waals surface area contributed by atoms with Gasteiger partial charge in [-0.2, -0.15) is 0 Å². The third-order valence-electron chi connectivity index (χ3n) is 0. The molecule has 5 heavy (non-hydrogen) atoms. The van der Waals surface area contributed by atoms with Gasteiger partial charge in [0.05, 0.1) is 0 Å². The first kappa shape index (κ1) is 39.1. The number of rotatable bonds is 0. The summed E-state index contributed by atoms with van der Waals surface area (Å²) in [6.07, 6.45) is 0. The van der Waals surface area contributed by atoms with Crippen LogP contribution in [0.3, 0.4) is 0 Å². The van der Waals surface area contributed by atoms with Gasteiger partial charge in [0.15, 0.2) is 0 Å². The summed E-state index contributed by atoms with van der Waals surface area (Å²) in [5, 5.41) is 0. The predicted molar refractivity (Wildman–Crippen MR) is 5.75 cm³/mol. The molecule has 5 heteroatoms. The Kier molecular flexibility index (Phi) is 202. The fourth-order valence-corrected chi connectivity index (χ4v) is 0. The van der Waals surface area contributed by atoms with E-state index in [4.69, 9.17) is 0 Å². The van der Waals surface area contributed by atoms with Crippen molar-refractivity contribution in [3.63, 3.8) is 0 Å². The third-order valence-corrected chi connectivity index (χ3v) is 0. The summed E-state index contributed by atoms with van der Waals surface area (Å²) >= 11 is 0. The maximum atomic E-state index is 0. The van der Waals surface area contributed by atoms with E-state index in [2.05, 4.69) is 0 Å². The van der Waals surface area contributed by atoms with Crippen LogP contribution in [-0.2, 0) is 81.3 Å². The molecule has 6 radical (unpaired) electrons. The Balaban J connectivity index is 0. The standard InChI is InChI=1S/2Ag.Cu.In.Zn. The summed E-state index contributed by atoms with van der Waals surface area (Å²) < 4.78 is 0. The van der Waals surface area contributed by atoms with E-state index in [9.17, 15) is 0 Å². The third kappa shape index (κ3) is 18.5. The summed E-state index contributed by atoms with van der Waals surface area (Å²) in [7, 11) is 0. The SMILES string of the molecule is [Ag].[Ag].[Cu].[In].[Zn]. The van der Waals surface area contributed by atoms with Crippen molar-refractivity contribution < 1.29 is 81.3 Å². The molecule has 0 aromatic rings. The average molecular weight is 459 g/mol. The van der Waals surface area contributed by atoms with E-state index in [1.807, 2.05) is 0 Å². The van der Waals surface area contributed by atoms with Crippen molar-refractivity contribution in [2.45, 2.75) is 0 Å². The summed E-state index contributed by atoms with van der Waals surface area (Å²) in [5.41, 5.74) is 0. The van der Waals surface area contributed by atoms with Gasteiger partial charge < -0.3 is 0 Å². The summed E-state index contributed by atoms with van der Waals surface area (Å²) in [6, 6.07) is 0. The first-order chi connectivity index (χ1) is 0. The minimum atomic E-state index is 0. The first-order valence-electron chi connectivity index (χ1n) is 0. The molecule has 0 rings (SSSR count). The smallest absolute Gasteiger partial charge is 0 e. The zero-order valence-corrected chi connectivity index (χ0v) is 12.4. The first-order valence-corrected chi connectivity index (χ1v) is 0. The molecule has 0 fully saturated rings. The molecule has 0 spiro atoms. The van der Waals surface area contributed by atoms with Crippen LogP contribution in [0.5, 0.6) is 0 Å². The molecular weight excluding hydrogens is 459 g/mol. The molecule has 0 aromatic carbocycles. The monoisotopic (exact) mass is 456 g/mol. The number of hydrogen-bond donors (Lipinski definition) is 0. The Labute approximate surface area is 105 Å². The van der Waals surface area contributed by atoms with Gasteiger partial charge in [0.1, 0.15) is 0 Å². The van der Waals surface area contributed by atoms with Crippen molar-refractivity contribution in [2.24, 2.45) is 0 Å². The van der Waals surface area contributed by atoms with E-state index < -0.39 is 0 Å². The van der Waals surface area contributed by atoms with Gasteiger partial charge >= 0.3 is 0 Å². The van der Waals surface area contributed by atoms with Crippen LogP contribution in [0.15, 0.2) is 0 Å². The Hall–Kier alpha value is 3.49. The van der Waals surface area contributed by atoms with Gasteiger partial charge in [-0.25, -0.2) is 0 Å². The normalized spacial score (nSPS) is 0. The van der Waals surface area contributed by atoms with Crippen LogP contribution < -0.4 is 0 Å². The van der Waals surface area contributed by atoms with Crippen molar-refractivity contribution in [3.05, 3.63) is 0 Å². The topological polar surface area (TPSA) is 0 Å². The van der Waals surface area contributed by atoms with Crippen molar-refractivity contribution in [1.82, 2.24) is 0 Å². The van der Waals surface area contributed by atoms with Crippen molar-refractivity contribution in [2.75, 3.05) is 0 Å². The average Bonchev–Trinajstić information content (AvgIpc) is 0. The van der Waals surface area contributed by atoms with Gasteiger partial charge in [-0.1, -0.05) is 0 Å². The molecular formula is Ag2CuInZn. The van der Waals surface area contributed by atoms with Crippen LogP contribution in [0, 0.1) is 0 Å². The molecule has 38 valence electrons. The van der Waals surface area contributed by atoms with Crippen LogP contribution in [0.1, 0.15) is 0 Å². The Bertz CT molecular complexity index is 9.61. The Morgan fingerprint density at radius 2 is 0.800 bits per heavy atom. The fourth-order valence-electron chi connectivity index (χ4n) is 0. The van der Waals surface area contributed by atoms with E-state index in [0.29, 0.717) is 0 Å². The summed E-state index contributed by atoms with van der Waals surface area (Å²) in [4.78, 5) is 0. The molecule has 0 aliphatic rings. The zero-order valence-electron chi connectivity index (χ0n) is 2.19. The van der Waals surface area contributed by atoms with Crippen LogP contribution in [0.4, 0.5) is 0 Å². The fraction of sp³-hybridized carbons (Fsp3) is 0. The Morgan fingerprint density at radius 1 is 0.800 bits per heavy atom. The molecule has 0 bridgehead atoms. The molecule has 0 aliphatic carbocycles. The van der Waals surface area contributed by atoms with Gasteiger partial charge in [-0.05, 0) is 0 Å². The summed E-state index contributed by atoms with van der Waals surface area (Å²) in [5.74, 6) is 0. The predicted octanol–water partition coefficient (Wildman–Crippen LogP) is -0.391. The maximum Gasteiger partial charge on any atom is 0 e. The minimum absolute atomic E-state index is 0. The molecule has 0 nitrogen and oxygen atoms in total. The molecule has 0 N–H and O–H groups in total. The van der Waals surface area contributed by atoms with Crippen LogP contribution in [-0.4, -0.2) is 25.8 Å². The minimum Gasteiger partial charge on any atom is 0 e. The quantitative estimate of drug-likeness (QED) is 0.433. The largest absolute Gasteiger partial charge is 0 e. The molecule has 0 aromatic heterocycles. The summed E-state index contributed by atoms with van der Waals surface area (Å²) in [6.45, 7) is 0. The molecule has 0 saturated carbocycles. The number of hydrogen-bond acceptors (Lipinski definition) is 0. The van der Waals surface area contributed by atoms with Crippen LogP contribution >= 0.6 is 0 Å². The van der Waals surface area contributed by atoms with Gasteiger partial charge in [0, 0.05) is 107 Å². The van der Waals surface area contributed by atoms with Crippen LogP contribution in [0.2, 0.25) is 0 Å². The molecule has 0 amide bonds. The second-order valence-corrected chi connectivity index (χ2v) is 0. The van der Waals surface area contributed by atoms with E-state index in [1.54, 1.807) is 0 Å². The molecule has 0 saturated heterocycles. The van der Waals surface area contributed by atoms with E-state index >= 15 is 0 Å². The van der Waals surface area contributed by atoms with Gasteiger partial charge in [-0.15, -0.1) is 0 Å². The van der Waals surface area contributed by atoms with Gasteiger partial charge in [0.2, 0.25) is 0 Å². The zero-order chi connectivity index (χ0) is 0. The van der Waals surface area contributed by atoms with Crippen LogP contribution in [0.25, 0.3) is 0 Å². The van der Waals surface area contributed by atoms with Gasteiger partial charge in [0.25, 0.3) is 0 Å². The second-order valence-electron chi connectivity index (χ2n) is 0. The van der Waals surface area contributed by atoms with Gasteiger partial charge in [-0.3, -0.25) is 0 Å². The molecule has 0 aliphatic heterocycles. The van der Waals surface area contributed by atoms with Crippen molar-refractivity contribution in [3.8, 4) is 0 Å². The maximum absolute atomic E-state index is 0. The Morgan fingerprint density at radius 3 is 0.800 bits per heavy atom. The second kappa shape index (κ2) is 25.9. The molecule has 0 heterocycles. The van der Waals surface area contributed by atoms with Crippen molar-refractivity contribution in [1.29, 1.82) is 0 Å². The van der Waals surface area contributed by atoms with E-state index in [-0.39, 0.29) is 107 Å². The van der Waals surface area contributed by atoms with E-state index in [1.165, 1.54) is 0 Å². The van der Waals surface area contributed by atoms with E-state index in [0.717, 1.165) is 0 Å². The molecule has 0 atom stereocenters. The van der Waals surface area contributed by atoms with Crippen molar-refractivity contribution >= 4 is 25.8 Å².